The van der Waals surface area contributed by atoms with E-state index in [1.54, 1.807) is 27.4 Å². The van der Waals surface area contributed by atoms with Gasteiger partial charge in [0.15, 0.2) is 11.6 Å². The number of rotatable bonds is 7. The van der Waals surface area contributed by atoms with Gasteiger partial charge < -0.3 is 14.8 Å². The summed E-state index contributed by atoms with van der Waals surface area (Å²) in [5, 5.41) is 22.8. The van der Waals surface area contributed by atoms with Crippen molar-refractivity contribution in [2.24, 2.45) is 7.05 Å². The molecule has 0 atom stereocenters. The van der Waals surface area contributed by atoms with Crippen LogP contribution in [0.2, 0.25) is 0 Å². The molecule has 0 fully saturated rings. The van der Waals surface area contributed by atoms with Crippen LogP contribution in [0.4, 0.5) is 0 Å². The van der Waals surface area contributed by atoms with Crippen LogP contribution in [0.5, 0.6) is 0 Å². The van der Waals surface area contributed by atoms with E-state index in [0.717, 1.165) is 39.4 Å². The Kier molecular flexibility index (Phi) is 5.04. The van der Waals surface area contributed by atoms with Gasteiger partial charge in [0.05, 0.1) is 59.5 Å². The molecular formula is C21H23N9O2. The molecule has 11 nitrogen and oxygen atoms in total. The van der Waals surface area contributed by atoms with E-state index in [0.29, 0.717) is 24.8 Å². The zero-order valence-electron chi connectivity index (χ0n) is 18.0. The lowest BCUT2D eigenvalue weighted by molar-refractivity contribution is 0.181. The summed E-state index contributed by atoms with van der Waals surface area (Å²) in [4.78, 5) is 12.6. The second-order valence-electron chi connectivity index (χ2n) is 7.51. The highest BCUT2D eigenvalue weighted by Gasteiger charge is 2.21. The topological polar surface area (TPSA) is 124 Å². The number of H-pyrrole nitrogens is 1. The van der Waals surface area contributed by atoms with Gasteiger partial charge in [0.1, 0.15) is 5.82 Å². The zero-order chi connectivity index (χ0) is 22.2. The Labute approximate surface area is 183 Å². The zero-order valence-corrected chi connectivity index (χ0v) is 18.0. The smallest absolute Gasteiger partial charge is 0.185 e. The number of aliphatic hydroxyl groups excluding tert-OH is 1. The van der Waals surface area contributed by atoms with Crippen molar-refractivity contribution in [1.82, 2.24) is 44.3 Å². The van der Waals surface area contributed by atoms with E-state index in [1.807, 2.05) is 44.6 Å². The summed E-state index contributed by atoms with van der Waals surface area (Å²) in [5.41, 5.74) is 5.00. The van der Waals surface area contributed by atoms with Crippen LogP contribution in [-0.2, 0) is 24.9 Å². The molecule has 0 aliphatic heterocycles. The van der Waals surface area contributed by atoms with E-state index in [2.05, 4.69) is 20.2 Å². The minimum atomic E-state index is 0.00785. The molecule has 1 aromatic carbocycles. The fourth-order valence-corrected chi connectivity index (χ4v) is 3.71. The van der Waals surface area contributed by atoms with Crippen LogP contribution >= 0.6 is 0 Å². The van der Waals surface area contributed by atoms with Crippen molar-refractivity contribution in [3.63, 3.8) is 0 Å². The molecule has 0 aliphatic rings. The predicted octanol–water partition coefficient (Wildman–Crippen LogP) is 1.85. The number of nitrogens with zero attached hydrogens (tertiary/aromatic N) is 8. The van der Waals surface area contributed by atoms with Gasteiger partial charge >= 0.3 is 0 Å². The first kappa shape index (κ1) is 20.1. The minimum absolute atomic E-state index is 0.00785. The summed E-state index contributed by atoms with van der Waals surface area (Å²) in [7, 11) is 3.50. The number of aliphatic hydroxyl groups is 1. The Morgan fingerprint density at radius 1 is 1.16 bits per heavy atom. The summed E-state index contributed by atoms with van der Waals surface area (Å²) in [5.74, 6) is 2.02. The quantitative estimate of drug-likeness (QED) is 0.401. The number of methoxy groups -OCH3 is 1. The van der Waals surface area contributed by atoms with Crippen LogP contribution in [-0.4, -0.2) is 63.1 Å². The van der Waals surface area contributed by atoms with Gasteiger partial charge in [-0.05, 0) is 25.1 Å². The van der Waals surface area contributed by atoms with Gasteiger partial charge in [-0.25, -0.2) is 14.6 Å². The van der Waals surface area contributed by atoms with E-state index >= 15 is 0 Å². The Balaban J connectivity index is 1.68. The molecule has 0 saturated heterocycles. The van der Waals surface area contributed by atoms with Gasteiger partial charge in [-0.3, -0.25) is 9.36 Å². The molecule has 0 unspecified atom stereocenters. The molecule has 5 rings (SSSR count). The van der Waals surface area contributed by atoms with E-state index in [4.69, 9.17) is 14.8 Å². The normalized spacial score (nSPS) is 11.6. The molecule has 0 aliphatic carbocycles. The third-order valence-corrected chi connectivity index (χ3v) is 5.08. The Hall–Kier alpha value is -3.83. The second-order valence-corrected chi connectivity index (χ2v) is 7.51. The lowest BCUT2D eigenvalue weighted by Gasteiger charge is -2.06. The van der Waals surface area contributed by atoms with Gasteiger partial charge in [-0.1, -0.05) is 0 Å². The lowest BCUT2D eigenvalue weighted by Crippen LogP contribution is -2.01. The van der Waals surface area contributed by atoms with E-state index in [-0.39, 0.29) is 6.61 Å². The summed E-state index contributed by atoms with van der Waals surface area (Å²) in [6.45, 7) is 2.69. The largest absolute Gasteiger partial charge is 0.394 e. The minimum Gasteiger partial charge on any atom is -0.394 e. The van der Waals surface area contributed by atoms with Gasteiger partial charge in [-0.15, -0.1) is 5.10 Å². The average Bonchev–Trinajstić information content (AvgIpc) is 3.52. The molecule has 0 amide bonds. The van der Waals surface area contributed by atoms with Crippen LogP contribution < -0.4 is 0 Å². The van der Waals surface area contributed by atoms with Crippen molar-refractivity contribution in [2.45, 2.75) is 20.1 Å². The number of ether oxygens (including phenoxy) is 1. The van der Waals surface area contributed by atoms with Crippen LogP contribution in [0, 0.1) is 6.92 Å². The van der Waals surface area contributed by atoms with Gasteiger partial charge in [0, 0.05) is 26.6 Å². The standard InChI is InChI=1S/C21H23N9O2/c1-13-23-17-5-4-15(8-18(17)24-13)30-21(16-11-28(2)26-19(16)12-32-3)25-20(27-30)14-9-22-29(10-14)6-7-31/h4-5,8-11,31H,6-7,12H2,1-3H3,(H,23,24). The molecule has 5 aromatic rings. The van der Waals surface area contributed by atoms with Crippen molar-refractivity contribution < 1.29 is 9.84 Å². The van der Waals surface area contributed by atoms with Crippen LogP contribution in [0.1, 0.15) is 11.5 Å². The highest BCUT2D eigenvalue weighted by molar-refractivity contribution is 5.78. The first-order chi connectivity index (χ1) is 15.6. The van der Waals surface area contributed by atoms with E-state index < -0.39 is 0 Å². The molecule has 4 heterocycles. The molecule has 0 radical (unpaired) electrons. The summed E-state index contributed by atoms with van der Waals surface area (Å²) < 4.78 is 10.5. The maximum atomic E-state index is 9.19. The molecule has 11 heteroatoms. The third kappa shape index (κ3) is 3.57. The van der Waals surface area contributed by atoms with Gasteiger partial charge in [0.2, 0.25) is 0 Å². The lowest BCUT2D eigenvalue weighted by atomic mass is 10.2. The number of hydrogen-bond acceptors (Lipinski definition) is 7. The van der Waals surface area contributed by atoms with Crippen molar-refractivity contribution >= 4 is 11.0 Å². The number of hydrogen-bond donors (Lipinski definition) is 2. The van der Waals surface area contributed by atoms with Crippen molar-refractivity contribution in [1.29, 1.82) is 0 Å². The summed E-state index contributed by atoms with van der Waals surface area (Å²) >= 11 is 0. The maximum absolute atomic E-state index is 9.19. The summed E-state index contributed by atoms with van der Waals surface area (Å²) in [6, 6.07) is 5.92. The Bertz CT molecular complexity index is 1390. The van der Waals surface area contributed by atoms with E-state index in [9.17, 15) is 5.11 Å². The fraction of sp³-hybridized carbons (Fsp3) is 0.286. The summed E-state index contributed by atoms with van der Waals surface area (Å²) in [6.07, 6.45) is 5.42. The molecule has 0 spiro atoms. The third-order valence-electron chi connectivity index (χ3n) is 5.08. The number of nitrogens with one attached hydrogen (secondary N) is 1. The van der Waals surface area contributed by atoms with E-state index in [1.165, 1.54) is 0 Å². The number of aryl methyl sites for hydroxylation is 2. The first-order valence-electron chi connectivity index (χ1n) is 10.1. The molecule has 4 aromatic heterocycles. The van der Waals surface area contributed by atoms with Crippen molar-refractivity contribution in [3.05, 3.63) is 48.3 Å². The van der Waals surface area contributed by atoms with Gasteiger partial charge in [0.25, 0.3) is 0 Å². The highest BCUT2D eigenvalue weighted by Crippen LogP contribution is 2.28. The predicted molar refractivity (Wildman–Crippen MR) is 117 cm³/mol. The van der Waals surface area contributed by atoms with Crippen molar-refractivity contribution in [3.8, 4) is 28.5 Å². The maximum Gasteiger partial charge on any atom is 0.185 e. The van der Waals surface area contributed by atoms with Crippen LogP contribution in [0.3, 0.4) is 0 Å². The number of aromatic nitrogens is 9. The first-order valence-corrected chi connectivity index (χ1v) is 10.1. The van der Waals surface area contributed by atoms with Gasteiger partial charge in [-0.2, -0.15) is 10.2 Å². The molecule has 164 valence electrons. The monoisotopic (exact) mass is 433 g/mol. The number of imidazole rings is 1. The molecule has 0 saturated carbocycles. The molecule has 0 bridgehead atoms. The second kappa shape index (κ2) is 8.02. The highest BCUT2D eigenvalue weighted by atomic mass is 16.5. The number of benzene rings is 1. The van der Waals surface area contributed by atoms with Crippen LogP contribution in [0.25, 0.3) is 39.5 Å². The molecule has 2 N–H and O–H groups in total. The average molecular weight is 433 g/mol. The Morgan fingerprint density at radius 2 is 2.03 bits per heavy atom. The molecule has 32 heavy (non-hydrogen) atoms. The number of fused-ring (bicyclic) bond motifs is 1. The Morgan fingerprint density at radius 3 is 2.84 bits per heavy atom. The molecular weight excluding hydrogens is 410 g/mol. The van der Waals surface area contributed by atoms with Crippen LogP contribution in [0.15, 0.2) is 36.8 Å². The number of aromatic amines is 1. The SMILES string of the molecule is COCc1nn(C)cc1-c1nc(-c2cnn(CCO)c2)nn1-c1ccc2nc(C)[nH]c2c1. The van der Waals surface area contributed by atoms with Crippen molar-refractivity contribution in [2.75, 3.05) is 13.7 Å². The fourth-order valence-electron chi connectivity index (χ4n) is 3.71.